The maximum absolute atomic E-state index is 12.1. The van der Waals surface area contributed by atoms with Crippen molar-refractivity contribution in [3.8, 4) is 0 Å². The number of carbonyl (C=O) groups excluding carboxylic acids is 1. The number of likely N-dealkylation sites (tertiary alicyclic amines) is 1. The predicted octanol–water partition coefficient (Wildman–Crippen LogP) is 1.11. The minimum atomic E-state index is 0.202. The average molecular weight is 250 g/mol. The van der Waals surface area contributed by atoms with Gasteiger partial charge in [0.05, 0.1) is 6.54 Å². The van der Waals surface area contributed by atoms with Crippen LogP contribution in [0.3, 0.4) is 0 Å². The van der Waals surface area contributed by atoms with Crippen molar-refractivity contribution in [2.75, 3.05) is 19.6 Å². The Kier molecular flexibility index (Phi) is 4.36. The Labute approximate surface area is 108 Å². The molecule has 1 atom stereocenters. The van der Waals surface area contributed by atoms with Crippen LogP contribution in [-0.4, -0.2) is 46.7 Å². The van der Waals surface area contributed by atoms with E-state index in [4.69, 9.17) is 0 Å². The number of amides is 1. The van der Waals surface area contributed by atoms with Crippen molar-refractivity contribution in [1.29, 1.82) is 0 Å². The van der Waals surface area contributed by atoms with E-state index in [-0.39, 0.29) is 5.91 Å². The van der Waals surface area contributed by atoms with Gasteiger partial charge in [0.15, 0.2) is 0 Å². The van der Waals surface area contributed by atoms with Crippen molar-refractivity contribution in [1.82, 2.24) is 20.4 Å². The first-order chi connectivity index (χ1) is 8.66. The summed E-state index contributed by atoms with van der Waals surface area (Å²) in [5.74, 6) is 0.608. The summed E-state index contributed by atoms with van der Waals surface area (Å²) in [6.45, 7) is 6.23. The molecule has 5 heteroatoms. The van der Waals surface area contributed by atoms with Gasteiger partial charge in [0, 0.05) is 36.9 Å². The molecule has 0 saturated carbocycles. The van der Waals surface area contributed by atoms with E-state index in [1.54, 1.807) is 6.20 Å². The van der Waals surface area contributed by atoms with Gasteiger partial charge in [-0.05, 0) is 18.9 Å². The molecule has 0 spiro atoms. The van der Waals surface area contributed by atoms with Crippen molar-refractivity contribution in [3.63, 3.8) is 0 Å². The number of nitrogens with zero attached hydrogens (tertiary/aromatic N) is 2. The second-order valence-corrected chi connectivity index (χ2v) is 5.23. The normalized spacial score (nSPS) is 20.4. The molecule has 0 radical (unpaired) electrons. The van der Waals surface area contributed by atoms with Gasteiger partial charge in [0.1, 0.15) is 0 Å². The fraction of sp³-hybridized carbons (Fsp3) is 0.692. The van der Waals surface area contributed by atoms with Crippen molar-refractivity contribution in [3.05, 3.63) is 18.0 Å². The van der Waals surface area contributed by atoms with Crippen LogP contribution in [0, 0.1) is 0 Å². The fourth-order valence-corrected chi connectivity index (χ4v) is 2.35. The summed E-state index contributed by atoms with van der Waals surface area (Å²) in [5, 5.41) is 10.2. The van der Waals surface area contributed by atoms with Crippen LogP contribution in [0.4, 0.5) is 0 Å². The molecule has 2 heterocycles. The van der Waals surface area contributed by atoms with Crippen molar-refractivity contribution < 1.29 is 4.79 Å². The summed E-state index contributed by atoms with van der Waals surface area (Å²) in [4.78, 5) is 14.0. The zero-order chi connectivity index (χ0) is 13.0. The molecule has 1 aliphatic heterocycles. The van der Waals surface area contributed by atoms with E-state index in [9.17, 15) is 4.79 Å². The van der Waals surface area contributed by atoms with E-state index in [0.29, 0.717) is 18.5 Å². The van der Waals surface area contributed by atoms with E-state index in [1.807, 2.05) is 11.0 Å². The SMILES string of the molecule is CC(C)NCC(=O)N1CCCC(c2ccn[nH]2)C1. The number of hydrogen-bond donors (Lipinski definition) is 2. The molecule has 2 rings (SSSR count). The fourth-order valence-electron chi connectivity index (χ4n) is 2.35. The molecule has 1 aromatic heterocycles. The molecule has 18 heavy (non-hydrogen) atoms. The summed E-state index contributed by atoms with van der Waals surface area (Å²) in [5.41, 5.74) is 1.14. The van der Waals surface area contributed by atoms with Gasteiger partial charge in [0.25, 0.3) is 0 Å². The van der Waals surface area contributed by atoms with E-state index in [1.165, 1.54) is 0 Å². The maximum atomic E-state index is 12.1. The largest absolute Gasteiger partial charge is 0.341 e. The molecular formula is C13H22N4O. The summed E-state index contributed by atoms with van der Waals surface area (Å²) in [6, 6.07) is 2.35. The Hall–Kier alpha value is -1.36. The lowest BCUT2D eigenvalue weighted by atomic mass is 9.95. The number of H-pyrrole nitrogens is 1. The van der Waals surface area contributed by atoms with Crippen LogP contribution in [0.15, 0.2) is 12.3 Å². The Morgan fingerprint density at radius 3 is 3.17 bits per heavy atom. The number of rotatable bonds is 4. The van der Waals surface area contributed by atoms with E-state index in [0.717, 1.165) is 31.6 Å². The highest BCUT2D eigenvalue weighted by Crippen LogP contribution is 2.24. The smallest absolute Gasteiger partial charge is 0.236 e. The van der Waals surface area contributed by atoms with Crippen LogP contribution in [0.1, 0.15) is 38.3 Å². The highest BCUT2D eigenvalue weighted by atomic mass is 16.2. The lowest BCUT2D eigenvalue weighted by molar-refractivity contribution is -0.131. The number of piperidine rings is 1. The van der Waals surface area contributed by atoms with Crippen molar-refractivity contribution >= 4 is 5.91 Å². The van der Waals surface area contributed by atoms with Crippen LogP contribution in [0.2, 0.25) is 0 Å². The molecule has 1 aromatic rings. The van der Waals surface area contributed by atoms with Gasteiger partial charge in [-0.2, -0.15) is 5.10 Å². The summed E-state index contributed by atoms with van der Waals surface area (Å²) in [7, 11) is 0. The number of nitrogens with one attached hydrogen (secondary N) is 2. The Morgan fingerprint density at radius 2 is 2.50 bits per heavy atom. The summed E-state index contributed by atoms with van der Waals surface area (Å²) in [6.07, 6.45) is 3.97. The van der Waals surface area contributed by atoms with Gasteiger partial charge in [-0.25, -0.2) is 0 Å². The number of carbonyl (C=O) groups is 1. The van der Waals surface area contributed by atoms with Gasteiger partial charge < -0.3 is 10.2 Å². The Morgan fingerprint density at radius 1 is 1.67 bits per heavy atom. The Balaban J connectivity index is 1.88. The molecule has 1 fully saturated rings. The average Bonchev–Trinajstić information content (AvgIpc) is 2.90. The molecule has 0 bridgehead atoms. The van der Waals surface area contributed by atoms with Gasteiger partial charge in [-0.3, -0.25) is 9.89 Å². The summed E-state index contributed by atoms with van der Waals surface area (Å²) < 4.78 is 0. The van der Waals surface area contributed by atoms with Crippen LogP contribution in [0.5, 0.6) is 0 Å². The minimum absolute atomic E-state index is 0.202. The molecule has 0 aromatic carbocycles. The molecule has 5 nitrogen and oxygen atoms in total. The summed E-state index contributed by atoms with van der Waals surface area (Å²) >= 11 is 0. The lowest BCUT2D eigenvalue weighted by Gasteiger charge is -2.32. The molecule has 1 saturated heterocycles. The monoisotopic (exact) mass is 250 g/mol. The highest BCUT2D eigenvalue weighted by Gasteiger charge is 2.25. The maximum Gasteiger partial charge on any atom is 0.236 e. The third-order valence-corrected chi connectivity index (χ3v) is 3.40. The van der Waals surface area contributed by atoms with Gasteiger partial charge >= 0.3 is 0 Å². The van der Waals surface area contributed by atoms with Crippen molar-refractivity contribution in [2.45, 2.75) is 38.6 Å². The van der Waals surface area contributed by atoms with Gasteiger partial charge in [-0.15, -0.1) is 0 Å². The number of aromatic amines is 1. The third kappa shape index (κ3) is 3.32. The zero-order valence-corrected chi connectivity index (χ0v) is 11.1. The van der Waals surface area contributed by atoms with Gasteiger partial charge in [0.2, 0.25) is 5.91 Å². The Bertz CT molecular complexity index is 374. The predicted molar refractivity (Wildman–Crippen MR) is 70.3 cm³/mol. The molecule has 1 aliphatic rings. The molecule has 1 unspecified atom stereocenters. The van der Waals surface area contributed by atoms with E-state index < -0.39 is 0 Å². The molecule has 2 N–H and O–H groups in total. The quantitative estimate of drug-likeness (QED) is 0.841. The second kappa shape index (κ2) is 6.00. The standard InChI is InChI=1S/C13H22N4O/c1-10(2)14-8-13(18)17-7-3-4-11(9-17)12-5-6-15-16-12/h5-6,10-11,14H,3-4,7-9H2,1-2H3,(H,15,16). The van der Waals surface area contributed by atoms with E-state index in [2.05, 4.69) is 29.4 Å². The lowest BCUT2D eigenvalue weighted by Crippen LogP contribution is -2.44. The molecular weight excluding hydrogens is 228 g/mol. The third-order valence-electron chi connectivity index (χ3n) is 3.40. The topological polar surface area (TPSA) is 61.0 Å². The second-order valence-electron chi connectivity index (χ2n) is 5.23. The first-order valence-corrected chi connectivity index (χ1v) is 6.67. The van der Waals surface area contributed by atoms with Crippen LogP contribution in [0.25, 0.3) is 0 Å². The van der Waals surface area contributed by atoms with Gasteiger partial charge in [-0.1, -0.05) is 13.8 Å². The number of hydrogen-bond acceptors (Lipinski definition) is 3. The minimum Gasteiger partial charge on any atom is -0.341 e. The van der Waals surface area contributed by atoms with Crippen LogP contribution in [-0.2, 0) is 4.79 Å². The highest BCUT2D eigenvalue weighted by molar-refractivity contribution is 5.78. The van der Waals surface area contributed by atoms with E-state index >= 15 is 0 Å². The first kappa shape index (κ1) is 13.1. The number of aromatic nitrogens is 2. The molecule has 0 aliphatic carbocycles. The van der Waals surface area contributed by atoms with Crippen LogP contribution >= 0.6 is 0 Å². The van der Waals surface area contributed by atoms with Crippen LogP contribution < -0.4 is 5.32 Å². The molecule has 100 valence electrons. The first-order valence-electron chi connectivity index (χ1n) is 6.67. The van der Waals surface area contributed by atoms with Crippen molar-refractivity contribution in [2.24, 2.45) is 0 Å². The zero-order valence-electron chi connectivity index (χ0n) is 11.1. The molecule has 1 amide bonds.